The number of benzene rings is 1. The van der Waals surface area contributed by atoms with Gasteiger partial charge in [0, 0.05) is 24.2 Å². The van der Waals surface area contributed by atoms with E-state index in [1.807, 2.05) is 23.1 Å². The number of aromatic nitrogens is 1. The molecule has 1 amide bonds. The van der Waals surface area contributed by atoms with Crippen molar-refractivity contribution in [1.82, 2.24) is 9.88 Å². The maximum absolute atomic E-state index is 13.1. The van der Waals surface area contributed by atoms with Crippen molar-refractivity contribution in [2.75, 3.05) is 6.61 Å². The van der Waals surface area contributed by atoms with Gasteiger partial charge >= 0.3 is 0 Å². The van der Waals surface area contributed by atoms with E-state index >= 15 is 0 Å². The van der Waals surface area contributed by atoms with Gasteiger partial charge in [-0.1, -0.05) is 17.7 Å². The summed E-state index contributed by atoms with van der Waals surface area (Å²) in [5, 5.41) is 1.64. The molecule has 2 heterocycles. The van der Waals surface area contributed by atoms with E-state index in [4.69, 9.17) is 16.3 Å². The van der Waals surface area contributed by atoms with E-state index in [-0.39, 0.29) is 18.1 Å². The lowest BCUT2D eigenvalue weighted by Gasteiger charge is -2.34. The minimum atomic E-state index is -0.283. The van der Waals surface area contributed by atoms with Gasteiger partial charge in [0.05, 0.1) is 16.6 Å². The van der Waals surface area contributed by atoms with Crippen LogP contribution in [0.1, 0.15) is 50.6 Å². The second kappa shape index (κ2) is 6.93. The van der Waals surface area contributed by atoms with Gasteiger partial charge in [0.2, 0.25) is 0 Å². The molecule has 2 atom stereocenters. The fourth-order valence-corrected chi connectivity index (χ4v) is 4.00. The summed E-state index contributed by atoms with van der Waals surface area (Å²) in [6.07, 6.45) is 6.56. The summed E-state index contributed by atoms with van der Waals surface area (Å²) in [5.74, 6) is 0.136. The Hall–Kier alpha value is -1.65. The predicted molar refractivity (Wildman–Crippen MR) is 98.6 cm³/mol. The first kappa shape index (κ1) is 16.8. The first-order chi connectivity index (χ1) is 12.1. The average Bonchev–Trinajstić information content (AvgIpc) is 3.47. The maximum atomic E-state index is 13.1. The number of ether oxygens (including phenoxy) is 1. The molecule has 0 spiro atoms. The lowest BCUT2D eigenvalue weighted by atomic mass is 10.0. The molecule has 5 heteroatoms. The van der Waals surface area contributed by atoms with Crippen LogP contribution in [0, 0.1) is 0 Å². The molecule has 2 aromatic rings. The van der Waals surface area contributed by atoms with Crippen LogP contribution in [-0.2, 0) is 9.53 Å². The molecular formula is C20H23ClN2O2. The van der Waals surface area contributed by atoms with Gasteiger partial charge in [0.25, 0.3) is 5.91 Å². The van der Waals surface area contributed by atoms with Crippen LogP contribution in [0.15, 0.2) is 30.5 Å². The third-order valence-electron chi connectivity index (χ3n) is 5.23. The molecule has 0 radical (unpaired) electrons. The number of fused-ring (bicyclic) bond motifs is 1. The number of halogens is 1. The smallest absolute Gasteiger partial charge is 0.252 e. The van der Waals surface area contributed by atoms with Gasteiger partial charge in [-0.15, -0.1) is 0 Å². The van der Waals surface area contributed by atoms with E-state index in [0.29, 0.717) is 17.7 Å². The summed E-state index contributed by atoms with van der Waals surface area (Å²) in [7, 11) is 0. The third-order valence-corrected chi connectivity index (χ3v) is 5.52. The molecule has 0 N–H and O–H groups in total. The molecule has 1 aromatic carbocycles. The molecule has 132 valence electrons. The fourth-order valence-electron chi connectivity index (χ4n) is 3.71. The van der Waals surface area contributed by atoms with Gasteiger partial charge in [-0.2, -0.15) is 0 Å². The second-order valence-corrected chi connectivity index (χ2v) is 7.49. The van der Waals surface area contributed by atoms with Gasteiger partial charge in [0.1, 0.15) is 6.10 Å². The Morgan fingerprint density at radius 2 is 2.16 bits per heavy atom. The van der Waals surface area contributed by atoms with Gasteiger partial charge in [-0.25, -0.2) is 0 Å². The van der Waals surface area contributed by atoms with Crippen molar-refractivity contribution in [2.45, 2.75) is 57.2 Å². The zero-order valence-electron chi connectivity index (χ0n) is 14.5. The lowest BCUT2D eigenvalue weighted by molar-refractivity contribution is -0.149. The molecule has 0 unspecified atom stereocenters. The van der Waals surface area contributed by atoms with Crippen LogP contribution >= 0.6 is 11.6 Å². The zero-order valence-corrected chi connectivity index (χ0v) is 15.2. The number of carbonyl (C=O) groups is 1. The quantitative estimate of drug-likeness (QED) is 0.807. The van der Waals surface area contributed by atoms with E-state index in [9.17, 15) is 4.79 Å². The molecule has 1 saturated carbocycles. The summed E-state index contributed by atoms with van der Waals surface area (Å²) >= 11 is 6.44. The Kier molecular flexibility index (Phi) is 4.65. The molecule has 1 aliphatic carbocycles. The van der Waals surface area contributed by atoms with Crippen molar-refractivity contribution in [2.24, 2.45) is 0 Å². The lowest BCUT2D eigenvalue weighted by Crippen LogP contribution is -2.44. The normalized spacial score (nSPS) is 21.9. The minimum Gasteiger partial charge on any atom is -0.368 e. The molecule has 25 heavy (non-hydrogen) atoms. The molecular weight excluding hydrogens is 336 g/mol. The van der Waals surface area contributed by atoms with E-state index in [1.165, 1.54) is 0 Å². The number of amides is 1. The number of rotatable bonds is 4. The Balaban J connectivity index is 1.64. The number of nitrogens with zero attached hydrogens (tertiary/aromatic N) is 2. The fraction of sp³-hybridized carbons (Fsp3) is 0.500. The van der Waals surface area contributed by atoms with Crippen LogP contribution < -0.4 is 0 Å². The summed E-state index contributed by atoms with van der Waals surface area (Å²) in [6, 6.07) is 8.28. The summed E-state index contributed by atoms with van der Waals surface area (Å²) in [4.78, 5) is 19.5. The first-order valence-electron chi connectivity index (χ1n) is 9.13. The second-order valence-electron chi connectivity index (χ2n) is 7.09. The molecule has 0 bridgehead atoms. The number of hydrogen-bond acceptors (Lipinski definition) is 3. The van der Waals surface area contributed by atoms with E-state index in [1.54, 1.807) is 6.20 Å². The Bertz CT molecular complexity index is 784. The van der Waals surface area contributed by atoms with Crippen LogP contribution in [0.4, 0.5) is 0 Å². The molecule has 2 aliphatic rings. The van der Waals surface area contributed by atoms with Crippen molar-refractivity contribution in [3.63, 3.8) is 0 Å². The van der Waals surface area contributed by atoms with Crippen molar-refractivity contribution in [3.8, 4) is 0 Å². The SMILES string of the molecule is C[C@@H](c1cc(Cl)c2ncccc2c1)N(C(=O)[C@H]1CCCCO1)C1CC1. The van der Waals surface area contributed by atoms with Gasteiger partial charge in [-0.3, -0.25) is 9.78 Å². The van der Waals surface area contributed by atoms with Gasteiger partial charge in [-0.05, 0) is 62.8 Å². The van der Waals surface area contributed by atoms with Gasteiger partial charge < -0.3 is 9.64 Å². The van der Waals surface area contributed by atoms with Crippen LogP contribution in [0.25, 0.3) is 10.9 Å². The zero-order chi connectivity index (χ0) is 17.4. The Morgan fingerprint density at radius 3 is 2.88 bits per heavy atom. The minimum absolute atomic E-state index is 0.0207. The van der Waals surface area contributed by atoms with Crippen LogP contribution in [0.5, 0.6) is 0 Å². The van der Waals surface area contributed by atoms with Crippen molar-refractivity contribution < 1.29 is 9.53 Å². The summed E-state index contributed by atoms with van der Waals surface area (Å²) in [5.41, 5.74) is 1.86. The van der Waals surface area contributed by atoms with Crippen LogP contribution in [0.2, 0.25) is 5.02 Å². The third kappa shape index (κ3) is 3.38. The Labute approximate surface area is 153 Å². The van der Waals surface area contributed by atoms with Crippen molar-refractivity contribution in [1.29, 1.82) is 0 Å². The van der Waals surface area contributed by atoms with Crippen LogP contribution in [-0.4, -0.2) is 34.5 Å². The highest BCUT2D eigenvalue weighted by molar-refractivity contribution is 6.35. The molecule has 2 fully saturated rings. The highest BCUT2D eigenvalue weighted by Crippen LogP contribution is 2.37. The number of carbonyl (C=O) groups excluding carboxylic acids is 1. The average molecular weight is 359 g/mol. The summed E-state index contributed by atoms with van der Waals surface area (Å²) < 4.78 is 5.75. The van der Waals surface area contributed by atoms with Crippen molar-refractivity contribution in [3.05, 3.63) is 41.0 Å². The van der Waals surface area contributed by atoms with E-state index < -0.39 is 0 Å². The highest BCUT2D eigenvalue weighted by Gasteiger charge is 2.39. The monoisotopic (exact) mass is 358 g/mol. The Morgan fingerprint density at radius 1 is 1.32 bits per heavy atom. The molecule has 1 saturated heterocycles. The van der Waals surface area contributed by atoms with Crippen LogP contribution in [0.3, 0.4) is 0 Å². The number of pyridine rings is 1. The van der Waals surface area contributed by atoms with E-state index in [0.717, 1.165) is 48.6 Å². The molecule has 4 nitrogen and oxygen atoms in total. The van der Waals surface area contributed by atoms with Gasteiger partial charge in [0.15, 0.2) is 0 Å². The van der Waals surface area contributed by atoms with Crippen molar-refractivity contribution >= 4 is 28.4 Å². The number of hydrogen-bond donors (Lipinski definition) is 0. The standard InChI is InChI=1S/C20H23ClN2O2/c1-13(15-11-14-5-4-9-22-19(14)17(21)12-15)23(16-7-8-16)20(24)18-6-2-3-10-25-18/h4-5,9,11-13,16,18H,2-3,6-8,10H2,1H3/t13-,18+/m0/s1. The molecule has 1 aliphatic heterocycles. The topological polar surface area (TPSA) is 42.4 Å². The summed E-state index contributed by atoms with van der Waals surface area (Å²) in [6.45, 7) is 2.78. The largest absolute Gasteiger partial charge is 0.368 e. The predicted octanol–water partition coefficient (Wildman–Crippen LogP) is 4.51. The first-order valence-corrected chi connectivity index (χ1v) is 9.51. The van der Waals surface area contributed by atoms with E-state index in [2.05, 4.69) is 18.0 Å². The highest BCUT2D eigenvalue weighted by atomic mass is 35.5. The molecule has 4 rings (SSSR count). The molecule has 1 aromatic heterocycles. The maximum Gasteiger partial charge on any atom is 0.252 e.